The van der Waals surface area contributed by atoms with Gasteiger partial charge in [0.15, 0.2) is 29.6 Å². The zero-order valence-corrected chi connectivity index (χ0v) is 16.3. The van der Waals surface area contributed by atoms with Gasteiger partial charge in [-0.05, 0) is 30.3 Å². The highest BCUT2D eigenvalue weighted by Crippen LogP contribution is 2.48. The Morgan fingerprint density at radius 3 is 2.87 bits per heavy atom. The molecule has 1 aromatic carbocycles. The Morgan fingerprint density at radius 2 is 2.07 bits per heavy atom. The molecule has 3 aliphatic heterocycles. The second-order valence-electron chi connectivity index (χ2n) is 6.87. The van der Waals surface area contributed by atoms with E-state index in [0.717, 1.165) is 17.0 Å². The van der Waals surface area contributed by atoms with Crippen LogP contribution in [0.1, 0.15) is 17.5 Å². The number of para-hydroxylation sites is 1. The molecular formula is C19H13ClN8O2. The fourth-order valence-corrected chi connectivity index (χ4v) is 4.11. The van der Waals surface area contributed by atoms with Crippen LogP contribution in [0.3, 0.4) is 0 Å². The molecule has 3 aromatic rings. The maximum absolute atomic E-state index is 9.49. The molecule has 0 fully saturated rings. The van der Waals surface area contributed by atoms with Crippen molar-refractivity contribution in [2.24, 2.45) is 4.99 Å². The van der Waals surface area contributed by atoms with Gasteiger partial charge in [0, 0.05) is 5.56 Å². The molecule has 0 radical (unpaired) electrons. The molecule has 6 rings (SSSR count). The molecule has 148 valence electrons. The Kier molecular flexibility index (Phi) is 3.39. The molecule has 2 atom stereocenters. The van der Waals surface area contributed by atoms with E-state index in [-0.39, 0.29) is 18.0 Å². The Labute approximate surface area is 175 Å². The van der Waals surface area contributed by atoms with E-state index in [1.165, 1.54) is 4.90 Å². The summed E-state index contributed by atoms with van der Waals surface area (Å²) in [6.45, 7) is 1.84. The van der Waals surface area contributed by atoms with E-state index in [4.69, 9.17) is 20.5 Å². The van der Waals surface area contributed by atoms with E-state index in [9.17, 15) is 5.26 Å². The molecule has 11 heteroatoms. The smallest absolute Gasteiger partial charge is 0.295 e. The van der Waals surface area contributed by atoms with Crippen LogP contribution in [0.5, 0.6) is 0 Å². The summed E-state index contributed by atoms with van der Waals surface area (Å²) >= 11 is 6.58. The molecule has 0 bridgehead atoms. The predicted molar refractivity (Wildman–Crippen MR) is 106 cm³/mol. The quantitative estimate of drug-likeness (QED) is 0.351. The van der Waals surface area contributed by atoms with E-state index < -0.39 is 5.62 Å². The first-order chi connectivity index (χ1) is 14.7. The van der Waals surface area contributed by atoms with Crippen molar-refractivity contribution in [3.05, 3.63) is 59.7 Å². The van der Waals surface area contributed by atoms with Crippen LogP contribution < -0.4 is 9.91 Å². The highest BCUT2D eigenvalue weighted by Gasteiger charge is 2.48. The number of hydrazine groups is 1. The minimum Gasteiger partial charge on any atom is -0.456 e. The van der Waals surface area contributed by atoms with Crippen LogP contribution in [-0.2, 0) is 0 Å². The molecule has 2 unspecified atom stereocenters. The van der Waals surface area contributed by atoms with Crippen molar-refractivity contribution < 1.29 is 8.94 Å². The third-order valence-corrected chi connectivity index (χ3v) is 5.53. The number of anilines is 2. The summed E-state index contributed by atoms with van der Waals surface area (Å²) in [5.41, 5.74) is 1.15. The first-order valence-electron chi connectivity index (χ1n) is 9.10. The summed E-state index contributed by atoms with van der Waals surface area (Å²) in [6.07, 6.45) is 5.06. The summed E-state index contributed by atoms with van der Waals surface area (Å²) in [5, 5.41) is 17.1. The molecule has 0 amide bonds. The van der Waals surface area contributed by atoms with Crippen molar-refractivity contribution >= 4 is 29.6 Å². The van der Waals surface area contributed by atoms with Crippen LogP contribution in [0.25, 0.3) is 11.7 Å². The molecular weight excluding hydrogens is 408 g/mol. The zero-order valence-electron chi connectivity index (χ0n) is 15.5. The van der Waals surface area contributed by atoms with Gasteiger partial charge in [-0.3, -0.25) is 4.90 Å². The van der Waals surface area contributed by atoms with Gasteiger partial charge >= 0.3 is 0 Å². The topological polar surface area (TPSA) is 101 Å². The lowest BCUT2D eigenvalue weighted by Gasteiger charge is -2.42. The zero-order chi connectivity index (χ0) is 20.4. The average Bonchev–Trinajstić information content (AvgIpc) is 3.53. The number of hydrogen-bond donors (Lipinski definition) is 0. The number of benzene rings is 1. The molecule has 10 nitrogen and oxygen atoms in total. The lowest BCUT2D eigenvalue weighted by molar-refractivity contribution is 0.275. The van der Waals surface area contributed by atoms with Crippen molar-refractivity contribution in [1.29, 1.82) is 5.26 Å². The van der Waals surface area contributed by atoms with Gasteiger partial charge in [-0.25, -0.2) is 19.9 Å². The standard InChI is InChI=1S/C19H13ClN8O2/c1-11-6-7-14(29-11)17-23-19(24-30-17)26-10-22-16-12-4-2-3-5-13(12)27-15(28(16)26)8-25(9-21)18(27)20/h2-8,10,16,18H,1H3. The Balaban J connectivity index is 1.44. The third kappa shape index (κ3) is 2.20. The van der Waals surface area contributed by atoms with Gasteiger partial charge in [-0.1, -0.05) is 29.8 Å². The van der Waals surface area contributed by atoms with E-state index >= 15 is 0 Å². The number of halogens is 1. The van der Waals surface area contributed by atoms with Crippen LogP contribution in [0.4, 0.5) is 11.6 Å². The minimum absolute atomic E-state index is 0.262. The summed E-state index contributed by atoms with van der Waals surface area (Å²) in [7, 11) is 0. The largest absolute Gasteiger partial charge is 0.456 e. The molecule has 5 heterocycles. The maximum Gasteiger partial charge on any atom is 0.295 e. The van der Waals surface area contributed by atoms with Crippen molar-refractivity contribution in [1.82, 2.24) is 20.0 Å². The van der Waals surface area contributed by atoms with Gasteiger partial charge in [0.25, 0.3) is 11.8 Å². The average molecular weight is 421 g/mol. The molecule has 2 aromatic heterocycles. The van der Waals surface area contributed by atoms with Crippen molar-refractivity contribution in [3.8, 4) is 17.8 Å². The van der Waals surface area contributed by atoms with Gasteiger partial charge < -0.3 is 8.94 Å². The number of fused-ring (bicyclic) bond motifs is 6. The molecule has 30 heavy (non-hydrogen) atoms. The monoisotopic (exact) mass is 420 g/mol. The normalized spacial score (nSPS) is 21.4. The Hall–Kier alpha value is -3.97. The first-order valence-corrected chi connectivity index (χ1v) is 9.53. The van der Waals surface area contributed by atoms with E-state index in [0.29, 0.717) is 11.6 Å². The molecule has 3 aliphatic rings. The van der Waals surface area contributed by atoms with Crippen molar-refractivity contribution in [2.45, 2.75) is 18.7 Å². The SMILES string of the molecule is Cc1ccc(-c2nc(N3C=NC4c5ccccc5N5C(=CN(C#N)C5Cl)N43)no2)o1. The maximum atomic E-state index is 9.49. The number of aliphatic imine (C=N–C) groups is 1. The van der Waals surface area contributed by atoms with Gasteiger partial charge in [0.2, 0.25) is 0 Å². The lowest BCUT2D eigenvalue weighted by Crippen LogP contribution is -2.48. The first kappa shape index (κ1) is 16.9. The molecule has 0 saturated carbocycles. The molecule has 0 N–H and O–H groups in total. The van der Waals surface area contributed by atoms with E-state index in [1.54, 1.807) is 23.6 Å². The van der Waals surface area contributed by atoms with Crippen LogP contribution in [0, 0.1) is 18.4 Å². The van der Waals surface area contributed by atoms with Crippen molar-refractivity contribution in [2.75, 3.05) is 9.91 Å². The molecule has 0 aliphatic carbocycles. The number of nitrogens with zero attached hydrogens (tertiary/aromatic N) is 8. The second kappa shape index (κ2) is 6.01. The van der Waals surface area contributed by atoms with Gasteiger partial charge in [-0.2, -0.15) is 10.2 Å². The molecule has 0 spiro atoms. The highest BCUT2D eigenvalue weighted by atomic mass is 35.5. The van der Waals surface area contributed by atoms with Gasteiger partial charge in [0.1, 0.15) is 12.1 Å². The highest BCUT2D eigenvalue weighted by molar-refractivity contribution is 6.22. The van der Waals surface area contributed by atoms with Crippen LogP contribution in [0.15, 0.2) is 62.4 Å². The number of rotatable bonds is 2. The number of aromatic nitrogens is 2. The lowest BCUT2D eigenvalue weighted by atomic mass is 10.1. The number of aryl methyl sites for hydroxylation is 1. The second-order valence-corrected chi connectivity index (χ2v) is 7.26. The van der Waals surface area contributed by atoms with E-state index in [2.05, 4.69) is 21.3 Å². The van der Waals surface area contributed by atoms with Gasteiger partial charge in [-0.15, -0.1) is 0 Å². The summed E-state index contributed by atoms with van der Waals surface area (Å²) in [6, 6.07) is 11.4. The van der Waals surface area contributed by atoms with Crippen molar-refractivity contribution in [3.63, 3.8) is 0 Å². The minimum atomic E-state index is -0.693. The molecule has 0 saturated heterocycles. The van der Waals surface area contributed by atoms with Gasteiger partial charge in [0.05, 0.1) is 11.9 Å². The Morgan fingerprint density at radius 1 is 1.20 bits per heavy atom. The summed E-state index contributed by atoms with van der Waals surface area (Å²) in [5.74, 6) is 2.46. The predicted octanol–water partition coefficient (Wildman–Crippen LogP) is 3.34. The number of alkyl halides is 1. The fourth-order valence-electron chi connectivity index (χ4n) is 3.81. The van der Waals surface area contributed by atoms with Crippen LogP contribution >= 0.6 is 11.6 Å². The number of nitriles is 1. The summed E-state index contributed by atoms with van der Waals surface area (Å²) < 4.78 is 11.0. The van der Waals surface area contributed by atoms with Crippen LogP contribution in [-0.4, -0.2) is 32.0 Å². The van der Waals surface area contributed by atoms with E-state index in [1.807, 2.05) is 47.2 Å². The fraction of sp³-hybridized carbons (Fsp3) is 0.158. The van der Waals surface area contributed by atoms with Crippen LogP contribution in [0.2, 0.25) is 0 Å². The summed E-state index contributed by atoms with van der Waals surface area (Å²) in [4.78, 5) is 12.4. The number of hydrogen-bond acceptors (Lipinski definition) is 10. The Bertz CT molecular complexity index is 1260. The third-order valence-electron chi connectivity index (χ3n) is 5.12. The number of furan rings is 1.